The zero-order chi connectivity index (χ0) is 11.4. The maximum atomic E-state index is 10.6. The SMILES string of the molecule is CCC=CCCCCOCCCC(C)=O. The Morgan fingerprint density at radius 3 is 2.53 bits per heavy atom. The van der Waals surface area contributed by atoms with Crippen LogP contribution in [0.5, 0.6) is 0 Å². The first kappa shape index (κ1) is 14.4. The van der Waals surface area contributed by atoms with E-state index in [1.807, 2.05) is 0 Å². The highest BCUT2D eigenvalue weighted by molar-refractivity contribution is 5.75. The quantitative estimate of drug-likeness (QED) is 0.409. The highest BCUT2D eigenvalue weighted by Gasteiger charge is 1.93. The van der Waals surface area contributed by atoms with E-state index in [0.717, 1.165) is 38.9 Å². The molecule has 2 heteroatoms. The van der Waals surface area contributed by atoms with Gasteiger partial charge in [0.05, 0.1) is 0 Å². The van der Waals surface area contributed by atoms with Crippen LogP contribution in [0, 0.1) is 0 Å². The van der Waals surface area contributed by atoms with Crippen molar-refractivity contribution in [3.05, 3.63) is 12.2 Å². The van der Waals surface area contributed by atoms with E-state index < -0.39 is 0 Å². The average molecular weight is 212 g/mol. The van der Waals surface area contributed by atoms with Gasteiger partial charge in [0, 0.05) is 19.6 Å². The van der Waals surface area contributed by atoms with E-state index in [-0.39, 0.29) is 5.78 Å². The molecule has 0 aromatic heterocycles. The van der Waals surface area contributed by atoms with Crippen LogP contribution in [0.25, 0.3) is 0 Å². The lowest BCUT2D eigenvalue weighted by Crippen LogP contribution is -1.99. The number of hydrogen-bond acceptors (Lipinski definition) is 2. The highest BCUT2D eigenvalue weighted by atomic mass is 16.5. The van der Waals surface area contributed by atoms with Gasteiger partial charge in [0.25, 0.3) is 0 Å². The third-order valence-electron chi connectivity index (χ3n) is 2.13. The average Bonchev–Trinajstić information content (AvgIpc) is 2.20. The minimum Gasteiger partial charge on any atom is -0.381 e. The molecule has 0 bridgehead atoms. The van der Waals surface area contributed by atoms with Gasteiger partial charge in [0.1, 0.15) is 5.78 Å². The summed E-state index contributed by atoms with van der Waals surface area (Å²) < 4.78 is 5.41. The van der Waals surface area contributed by atoms with Crippen LogP contribution in [0.1, 0.15) is 52.4 Å². The molecule has 0 fully saturated rings. The smallest absolute Gasteiger partial charge is 0.129 e. The standard InChI is InChI=1S/C13H24O2/c1-3-4-5-6-7-8-11-15-12-9-10-13(2)14/h4-5H,3,6-12H2,1-2H3. The normalized spacial score (nSPS) is 11.1. The first-order valence-electron chi connectivity index (χ1n) is 5.99. The van der Waals surface area contributed by atoms with Crippen LogP contribution in [0.15, 0.2) is 12.2 Å². The fraction of sp³-hybridized carbons (Fsp3) is 0.769. The van der Waals surface area contributed by atoms with Crippen LogP contribution in [0.2, 0.25) is 0 Å². The largest absolute Gasteiger partial charge is 0.381 e. The van der Waals surface area contributed by atoms with Gasteiger partial charge in [-0.2, -0.15) is 0 Å². The minimum atomic E-state index is 0.253. The van der Waals surface area contributed by atoms with Gasteiger partial charge in [0.15, 0.2) is 0 Å². The summed E-state index contributed by atoms with van der Waals surface area (Å²) >= 11 is 0. The van der Waals surface area contributed by atoms with Crippen LogP contribution < -0.4 is 0 Å². The summed E-state index contributed by atoms with van der Waals surface area (Å²) in [5.41, 5.74) is 0. The molecular weight excluding hydrogens is 188 g/mol. The topological polar surface area (TPSA) is 26.3 Å². The van der Waals surface area contributed by atoms with Crippen molar-refractivity contribution in [2.45, 2.75) is 52.4 Å². The third-order valence-corrected chi connectivity index (χ3v) is 2.13. The lowest BCUT2D eigenvalue weighted by atomic mass is 10.2. The Labute approximate surface area is 93.7 Å². The van der Waals surface area contributed by atoms with Gasteiger partial charge in [-0.05, 0) is 39.0 Å². The van der Waals surface area contributed by atoms with Gasteiger partial charge in [-0.1, -0.05) is 19.1 Å². The first-order valence-corrected chi connectivity index (χ1v) is 5.99. The van der Waals surface area contributed by atoms with Crippen molar-refractivity contribution in [3.63, 3.8) is 0 Å². The van der Waals surface area contributed by atoms with Crippen molar-refractivity contribution in [1.29, 1.82) is 0 Å². The number of unbranched alkanes of at least 4 members (excludes halogenated alkanes) is 2. The number of carbonyl (C=O) groups is 1. The second-order valence-corrected chi connectivity index (χ2v) is 3.79. The van der Waals surface area contributed by atoms with Crippen molar-refractivity contribution in [2.75, 3.05) is 13.2 Å². The van der Waals surface area contributed by atoms with E-state index in [9.17, 15) is 4.79 Å². The first-order chi connectivity index (χ1) is 7.27. The monoisotopic (exact) mass is 212 g/mol. The second-order valence-electron chi connectivity index (χ2n) is 3.79. The number of ether oxygens (including phenoxy) is 1. The maximum absolute atomic E-state index is 10.6. The van der Waals surface area contributed by atoms with Crippen LogP contribution in [-0.2, 0) is 9.53 Å². The Balaban J connectivity index is 2.99. The highest BCUT2D eigenvalue weighted by Crippen LogP contribution is 1.99. The molecule has 0 amide bonds. The fourth-order valence-electron chi connectivity index (χ4n) is 1.28. The van der Waals surface area contributed by atoms with E-state index in [0.29, 0.717) is 6.42 Å². The summed E-state index contributed by atoms with van der Waals surface area (Å²) in [6.45, 7) is 5.33. The van der Waals surface area contributed by atoms with E-state index in [2.05, 4.69) is 19.1 Å². The number of ketones is 1. The van der Waals surface area contributed by atoms with Crippen LogP contribution >= 0.6 is 0 Å². The maximum Gasteiger partial charge on any atom is 0.129 e. The number of rotatable bonds is 10. The number of allylic oxidation sites excluding steroid dienone is 2. The summed E-state index contributed by atoms with van der Waals surface area (Å²) in [4.78, 5) is 10.6. The van der Waals surface area contributed by atoms with Gasteiger partial charge in [0.2, 0.25) is 0 Å². The van der Waals surface area contributed by atoms with Crippen molar-refractivity contribution in [1.82, 2.24) is 0 Å². The van der Waals surface area contributed by atoms with E-state index in [4.69, 9.17) is 4.74 Å². The molecule has 0 aromatic rings. The molecule has 0 aromatic carbocycles. The van der Waals surface area contributed by atoms with E-state index in [1.54, 1.807) is 6.92 Å². The molecule has 0 rings (SSSR count). The Kier molecular flexibility index (Phi) is 11.0. The molecule has 2 nitrogen and oxygen atoms in total. The molecule has 88 valence electrons. The number of hydrogen-bond donors (Lipinski definition) is 0. The number of carbonyl (C=O) groups excluding carboxylic acids is 1. The molecule has 0 saturated carbocycles. The van der Waals surface area contributed by atoms with Gasteiger partial charge in [-0.15, -0.1) is 0 Å². The van der Waals surface area contributed by atoms with Gasteiger partial charge < -0.3 is 9.53 Å². The fourth-order valence-corrected chi connectivity index (χ4v) is 1.28. The molecule has 0 saturated heterocycles. The molecule has 0 radical (unpaired) electrons. The Morgan fingerprint density at radius 2 is 1.87 bits per heavy atom. The van der Waals surface area contributed by atoms with Crippen molar-refractivity contribution in [3.8, 4) is 0 Å². The van der Waals surface area contributed by atoms with Gasteiger partial charge >= 0.3 is 0 Å². The lowest BCUT2D eigenvalue weighted by molar-refractivity contribution is -0.117. The molecule has 0 atom stereocenters. The molecule has 0 spiro atoms. The van der Waals surface area contributed by atoms with Crippen molar-refractivity contribution < 1.29 is 9.53 Å². The summed E-state index contributed by atoms with van der Waals surface area (Å²) in [7, 11) is 0. The van der Waals surface area contributed by atoms with Crippen molar-refractivity contribution in [2.24, 2.45) is 0 Å². The summed E-state index contributed by atoms with van der Waals surface area (Å²) in [5.74, 6) is 0.253. The molecule has 15 heavy (non-hydrogen) atoms. The second kappa shape index (κ2) is 11.4. The molecule has 0 aliphatic carbocycles. The van der Waals surface area contributed by atoms with Gasteiger partial charge in [-0.3, -0.25) is 0 Å². The lowest BCUT2D eigenvalue weighted by Gasteiger charge is -2.02. The van der Waals surface area contributed by atoms with Crippen LogP contribution in [-0.4, -0.2) is 19.0 Å². The predicted octanol–water partition coefficient (Wildman–Crippen LogP) is 3.51. The van der Waals surface area contributed by atoms with E-state index >= 15 is 0 Å². The Hall–Kier alpha value is -0.630. The summed E-state index contributed by atoms with van der Waals surface area (Å²) in [6, 6.07) is 0. The minimum absolute atomic E-state index is 0.253. The molecular formula is C13H24O2. The van der Waals surface area contributed by atoms with Crippen LogP contribution in [0.4, 0.5) is 0 Å². The molecule has 0 unspecified atom stereocenters. The molecule has 0 aliphatic rings. The summed E-state index contributed by atoms with van der Waals surface area (Å²) in [5, 5.41) is 0. The van der Waals surface area contributed by atoms with Crippen molar-refractivity contribution >= 4 is 5.78 Å². The van der Waals surface area contributed by atoms with Gasteiger partial charge in [-0.25, -0.2) is 0 Å². The summed E-state index contributed by atoms with van der Waals surface area (Å²) in [6.07, 6.45) is 10.6. The zero-order valence-electron chi connectivity index (χ0n) is 10.1. The Morgan fingerprint density at radius 1 is 1.13 bits per heavy atom. The van der Waals surface area contributed by atoms with E-state index in [1.165, 1.54) is 6.42 Å². The molecule has 0 N–H and O–H groups in total. The Bertz CT molecular complexity index is 173. The molecule has 0 aliphatic heterocycles. The molecule has 0 heterocycles. The third kappa shape index (κ3) is 13.4. The van der Waals surface area contributed by atoms with Crippen LogP contribution in [0.3, 0.4) is 0 Å². The number of Topliss-reactive ketones (excluding diaryl/α,β-unsaturated/α-hetero) is 1. The predicted molar refractivity (Wildman–Crippen MR) is 64.0 cm³/mol. The zero-order valence-corrected chi connectivity index (χ0v) is 10.1.